The van der Waals surface area contributed by atoms with Gasteiger partial charge < -0.3 is 14.2 Å². The minimum atomic E-state index is -0.645. The van der Waals surface area contributed by atoms with Gasteiger partial charge in [-0.25, -0.2) is 4.79 Å². The summed E-state index contributed by atoms with van der Waals surface area (Å²) >= 11 is 4.07. The number of hydrogen-bond donors (Lipinski definition) is 0. The van der Waals surface area contributed by atoms with Crippen LogP contribution in [0, 0.1) is 0 Å². The van der Waals surface area contributed by atoms with E-state index in [9.17, 15) is 19.2 Å². The summed E-state index contributed by atoms with van der Waals surface area (Å²) in [6.07, 6.45) is 1.20. The number of nitrogens with zero attached hydrogens (tertiary/aromatic N) is 1. The molecular formula is C18H18BrNO7S. The van der Waals surface area contributed by atoms with Crippen molar-refractivity contribution in [2.75, 3.05) is 20.3 Å². The molecule has 1 aromatic rings. The number of methoxy groups -OCH3 is 1. The molecule has 0 atom stereocenters. The summed E-state index contributed by atoms with van der Waals surface area (Å²) in [6, 6.07) is 4.95. The molecule has 10 heteroatoms. The van der Waals surface area contributed by atoms with Crippen molar-refractivity contribution < 1.29 is 33.4 Å². The average Bonchev–Trinajstić information content (AvgIpc) is 2.87. The van der Waals surface area contributed by atoms with Crippen molar-refractivity contribution in [3.8, 4) is 5.75 Å². The third-order valence-electron chi connectivity index (χ3n) is 3.35. The van der Waals surface area contributed by atoms with Crippen molar-refractivity contribution in [2.24, 2.45) is 0 Å². The number of esters is 2. The van der Waals surface area contributed by atoms with Crippen LogP contribution in [0.1, 0.15) is 19.4 Å². The summed E-state index contributed by atoms with van der Waals surface area (Å²) in [5.41, 5.74) is 0.632. The first kappa shape index (κ1) is 22.0. The summed E-state index contributed by atoms with van der Waals surface area (Å²) in [6.45, 7) is 2.70. The third kappa shape index (κ3) is 5.83. The lowest BCUT2D eigenvalue weighted by molar-refractivity contribution is -0.149. The molecule has 1 aliphatic heterocycles. The van der Waals surface area contributed by atoms with E-state index < -0.39 is 29.6 Å². The van der Waals surface area contributed by atoms with Gasteiger partial charge in [-0.1, -0.05) is 6.07 Å². The molecule has 0 radical (unpaired) electrons. The summed E-state index contributed by atoms with van der Waals surface area (Å²) in [4.78, 5) is 48.4. The normalized spacial score (nSPS) is 15.3. The lowest BCUT2D eigenvalue weighted by Gasteiger charge is -2.13. The molecule has 0 saturated carbocycles. The van der Waals surface area contributed by atoms with Crippen LogP contribution >= 0.6 is 27.7 Å². The molecule has 2 rings (SSSR count). The molecule has 0 unspecified atom stereocenters. The summed E-state index contributed by atoms with van der Waals surface area (Å²) < 4.78 is 15.4. The Balaban J connectivity index is 2.09. The van der Waals surface area contributed by atoms with Crippen LogP contribution < -0.4 is 4.74 Å². The Labute approximate surface area is 174 Å². The topological polar surface area (TPSA) is 99.2 Å². The minimum absolute atomic E-state index is 0.192. The van der Waals surface area contributed by atoms with Crippen molar-refractivity contribution in [2.45, 2.75) is 20.0 Å². The smallest absolute Gasteiger partial charge is 0.343 e. The van der Waals surface area contributed by atoms with Crippen molar-refractivity contribution in [3.63, 3.8) is 0 Å². The van der Waals surface area contributed by atoms with Crippen LogP contribution in [-0.4, -0.2) is 54.4 Å². The Morgan fingerprint density at radius 3 is 2.57 bits per heavy atom. The van der Waals surface area contributed by atoms with E-state index in [1.807, 2.05) is 0 Å². The minimum Gasteiger partial charge on any atom is -0.481 e. The van der Waals surface area contributed by atoms with Crippen LogP contribution in [0.25, 0.3) is 6.08 Å². The molecule has 1 saturated heterocycles. The summed E-state index contributed by atoms with van der Waals surface area (Å²) in [5.74, 6) is -1.29. The zero-order valence-electron chi connectivity index (χ0n) is 15.4. The van der Waals surface area contributed by atoms with E-state index in [-0.39, 0.29) is 17.6 Å². The van der Waals surface area contributed by atoms with Crippen LogP contribution in [0.2, 0.25) is 0 Å². The number of carbonyl (C=O) groups excluding carboxylic acids is 4. The Hall–Kier alpha value is -2.33. The maximum absolute atomic E-state index is 12.4. The van der Waals surface area contributed by atoms with Gasteiger partial charge in [-0.15, -0.1) is 0 Å². The fraction of sp³-hybridized carbons (Fsp3) is 0.333. The first-order valence-corrected chi connectivity index (χ1v) is 9.76. The van der Waals surface area contributed by atoms with E-state index in [1.54, 1.807) is 32.0 Å². The second-order valence-electron chi connectivity index (χ2n) is 5.86. The molecule has 28 heavy (non-hydrogen) atoms. The van der Waals surface area contributed by atoms with E-state index in [2.05, 4.69) is 20.7 Å². The van der Waals surface area contributed by atoms with Gasteiger partial charge in [0.1, 0.15) is 12.3 Å². The second-order valence-corrected chi connectivity index (χ2v) is 7.71. The fourth-order valence-electron chi connectivity index (χ4n) is 2.14. The first-order valence-electron chi connectivity index (χ1n) is 8.15. The van der Waals surface area contributed by atoms with Crippen LogP contribution in [0.4, 0.5) is 4.79 Å². The molecule has 0 bridgehead atoms. The largest absolute Gasteiger partial charge is 0.481 e. The Morgan fingerprint density at radius 1 is 1.25 bits per heavy atom. The van der Waals surface area contributed by atoms with Gasteiger partial charge in [0.05, 0.1) is 22.6 Å². The molecule has 0 aromatic heterocycles. The van der Waals surface area contributed by atoms with Crippen LogP contribution in [-0.2, 0) is 23.9 Å². The van der Waals surface area contributed by atoms with E-state index >= 15 is 0 Å². The number of ether oxygens (including phenoxy) is 3. The Morgan fingerprint density at radius 2 is 1.96 bits per heavy atom. The predicted octanol–water partition coefficient (Wildman–Crippen LogP) is 2.99. The fourth-order valence-corrected chi connectivity index (χ4v) is 3.49. The van der Waals surface area contributed by atoms with Crippen LogP contribution in [0.15, 0.2) is 27.6 Å². The van der Waals surface area contributed by atoms with Crippen molar-refractivity contribution in [3.05, 3.63) is 33.1 Å². The standard InChI is InChI=1S/C18H18BrNO7S/c1-10(2)27-15(21)8-20-17(23)14(28-18(20)24)7-11-4-5-13(12(19)6-11)26-9-16(22)25-3/h4-7,10H,8-9H2,1-3H3/b14-7+. The van der Waals surface area contributed by atoms with Crippen molar-refractivity contribution >= 4 is 56.9 Å². The highest BCUT2D eigenvalue weighted by Gasteiger charge is 2.36. The molecule has 0 N–H and O–H groups in total. The van der Waals surface area contributed by atoms with E-state index in [0.717, 1.165) is 16.7 Å². The quantitative estimate of drug-likeness (QED) is 0.441. The van der Waals surface area contributed by atoms with Gasteiger partial charge in [0.15, 0.2) is 6.61 Å². The second kappa shape index (κ2) is 9.74. The van der Waals surface area contributed by atoms with Gasteiger partial charge in [-0.05, 0) is 65.3 Å². The summed E-state index contributed by atoms with van der Waals surface area (Å²) in [5, 5.41) is -0.533. The molecule has 150 valence electrons. The van der Waals surface area contributed by atoms with Gasteiger partial charge in [0.25, 0.3) is 11.1 Å². The maximum Gasteiger partial charge on any atom is 0.343 e. The molecular weight excluding hydrogens is 454 g/mol. The van der Waals surface area contributed by atoms with Gasteiger partial charge in [-0.2, -0.15) is 0 Å². The zero-order valence-corrected chi connectivity index (χ0v) is 17.8. The number of imide groups is 1. The number of hydrogen-bond acceptors (Lipinski definition) is 8. The van der Waals surface area contributed by atoms with Crippen molar-refractivity contribution in [1.29, 1.82) is 0 Å². The van der Waals surface area contributed by atoms with Gasteiger partial charge in [0.2, 0.25) is 0 Å². The highest BCUT2D eigenvalue weighted by atomic mass is 79.9. The highest BCUT2D eigenvalue weighted by Crippen LogP contribution is 2.33. The Kier molecular flexibility index (Phi) is 7.64. The number of carbonyl (C=O) groups is 4. The van der Waals surface area contributed by atoms with E-state index in [0.29, 0.717) is 15.8 Å². The molecule has 1 aliphatic rings. The Bertz CT molecular complexity index is 837. The molecule has 0 aliphatic carbocycles. The molecule has 0 spiro atoms. The number of halogens is 1. The SMILES string of the molecule is COC(=O)COc1ccc(/C=C2/SC(=O)N(CC(=O)OC(C)C)C2=O)cc1Br. The van der Waals surface area contributed by atoms with Crippen molar-refractivity contribution in [1.82, 2.24) is 4.90 Å². The highest BCUT2D eigenvalue weighted by molar-refractivity contribution is 9.10. The number of rotatable bonds is 7. The zero-order chi connectivity index (χ0) is 20.8. The van der Waals surface area contributed by atoms with E-state index in [4.69, 9.17) is 9.47 Å². The first-order chi connectivity index (χ1) is 13.2. The molecule has 1 aromatic carbocycles. The third-order valence-corrected chi connectivity index (χ3v) is 4.88. The number of thioether (sulfide) groups is 1. The predicted molar refractivity (Wildman–Crippen MR) is 106 cm³/mol. The van der Waals surface area contributed by atoms with Gasteiger partial charge >= 0.3 is 11.9 Å². The van der Waals surface area contributed by atoms with E-state index in [1.165, 1.54) is 13.2 Å². The summed E-state index contributed by atoms with van der Waals surface area (Å²) in [7, 11) is 1.26. The number of benzene rings is 1. The molecule has 1 heterocycles. The maximum atomic E-state index is 12.4. The monoisotopic (exact) mass is 471 g/mol. The van der Waals surface area contributed by atoms with Gasteiger partial charge in [0, 0.05) is 0 Å². The lowest BCUT2D eigenvalue weighted by Crippen LogP contribution is -2.35. The van der Waals surface area contributed by atoms with Gasteiger partial charge in [-0.3, -0.25) is 19.3 Å². The van der Waals surface area contributed by atoms with Crippen LogP contribution in [0.3, 0.4) is 0 Å². The van der Waals surface area contributed by atoms with Crippen LogP contribution in [0.5, 0.6) is 5.75 Å². The average molecular weight is 472 g/mol. The molecule has 2 amide bonds. The number of amides is 2. The molecule has 1 fully saturated rings. The molecule has 8 nitrogen and oxygen atoms in total. The lowest BCUT2D eigenvalue weighted by atomic mass is 10.2.